The number of Topliss-reactive ketones (excluding diaryl/α,β-unsaturated/α-hetero) is 1. The number of benzene rings is 2. The standard InChI is InChI=1S/C30H28N2O3/c1-20-27(30(34)35-16-14-21-9-4-2-5-10-21)28(23-13-8-15-31-19-23)29-25(32-20)17-24(18-26(29)33)22-11-6-3-7-12-22/h2-13,15,19,24,28,32H,14,16-18H2,1H3/t24-,28-/m1/s1. The highest BCUT2D eigenvalue weighted by molar-refractivity contribution is 6.04. The molecule has 0 spiro atoms. The number of pyridine rings is 1. The van der Waals surface area contributed by atoms with Crippen LogP contribution in [0.15, 0.2) is 108 Å². The van der Waals surface area contributed by atoms with E-state index < -0.39 is 11.9 Å². The average Bonchev–Trinajstić information content (AvgIpc) is 2.89. The van der Waals surface area contributed by atoms with E-state index in [0.717, 1.165) is 34.5 Å². The van der Waals surface area contributed by atoms with Gasteiger partial charge in [-0.1, -0.05) is 66.7 Å². The predicted octanol–water partition coefficient (Wildman–Crippen LogP) is 5.23. The molecular weight excluding hydrogens is 436 g/mol. The van der Waals surface area contributed by atoms with Crippen LogP contribution in [-0.2, 0) is 20.7 Å². The van der Waals surface area contributed by atoms with Gasteiger partial charge in [-0.15, -0.1) is 0 Å². The number of rotatable bonds is 6. The molecule has 5 rings (SSSR count). The third-order valence-corrected chi connectivity index (χ3v) is 6.80. The first-order chi connectivity index (χ1) is 17.1. The van der Waals surface area contributed by atoms with Gasteiger partial charge in [-0.2, -0.15) is 0 Å². The van der Waals surface area contributed by atoms with E-state index in [2.05, 4.69) is 22.4 Å². The van der Waals surface area contributed by atoms with Crippen LogP contribution >= 0.6 is 0 Å². The minimum absolute atomic E-state index is 0.0588. The fourth-order valence-electron chi connectivity index (χ4n) is 5.13. The number of esters is 1. The van der Waals surface area contributed by atoms with Crippen molar-refractivity contribution in [1.29, 1.82) is 0 Å². The van der Waals surface area contributed by atoms with Crippen molar-refractivity contribution in [3.05, 3.63) is 124 Å². The van der Waals surface area contributed by atoms with Gasteiger partial charge in [0.05, 0.1) is 12.2 Å². The lowest BCUT2D eigenvalue weighted by atomic mass is 9.72. The van der Waals surface area contributed by atoms with Gasteiger partial charge in [0.1, 0.15) is 0 Å². The van der Waals surface area contributed by atoms with E-state index in [1.165, 1.54) is 0 Å². The van der Waals surface area contributed by atoms with Gasteiger partial charge in [0.2, 0.25) is 0 Å². The molecule has 0 radical (unpaired) electrons. The normalized spacial score (nSPS) is 19.7. The molecule has 2 aliphatic rings. The maximum absolute atomic E-state index is 13.6. The van der Waals surface area contributed by atoms with E-state index in [1.807, 2.05) is 67.6 Å². The molecule has 2 aromatic carbocycles. The van der Waals surface area contributed by atoms with Crippen molar-refractivity contribution in [2.75, 3.05) is 6.61 Å². The Morgan fingerprint density at radius 1 is 0.971 bits per heavy atom. The second kappa shape index (κ2) is 10.1. The van der Waals surface area contributed by atoms with Crippen LogP contribution < -0.4 is 5.32 Å². The number of carbonyl (C=O) groups is 2. The van der Waals surface area contributed by atoms with E-state index in [9.17, 15) is 9.59 Å². The summed E-state index contributed by atoms with van der Waals surface area (Å²) in [5.74, 6) is -0.724. The molecule has 1 aromatic heterocycles. The predicted molar refractivity (Wildman–Crippen MR) is 134 cm³/mol. The number of ether oxygens (including phenoxy) is 1. The summed E-state index contributed by atoms with van der Waals surface area (Å²) < 4.78 is 5.72. The fraction of sp³-hybridized carbons (Fsp3) is 0.233. The molecule has 0 saturated carbocycles. The van der Waals surface area contributed by atoms with Crippen molar-refractivity contribution in [2.45, 2.75) is 38.0 Å². The number of ketones is 1. The number of nitrogens with zero attached hydrogens (tertiary/aromatic N) is 1. The van der Waals surface area contributed by atoms with E-state index >= 15 is 0 Å². The maximum Gasteiger partial charge on any atom is 0.336 e. The molecule has 5 nitrogen and oxygen atoms in total. The highest BCUT2D eigenvalue weighted by Crippen LogP contribution is 2.45. The number of aromatic nitrogens is 1. The van der Waals surface area contributed by atoms with Crippen molar-refractivity contribution in [3.8, 4) is 0 Å². The summed E-state index contributed by atoms with van der Waals surface area (Å²) >= 11 is 0. The Kier molecular flexibility index (Phi) is 6.57. The second-order valence-electron chi connectivity index (χ2n) is 9.09. The Morgan fingerprint density at radius 3 is 2.40 bits per heavy atom. The maximum atomic E-state index is 13.6. The van der Waals surface area contributed by atoms with Crippen molar-refractivity contribution in [3.63, 3.8) is 0 Å². The van der Waals surface area contributed by atoms with Crippen LogP contribution in [0.1, 0.15) is 48.3 Å². The molecule has 0 saturated heterocycles. The van der Waals surface area contributed by atoms with Gasteiger partial charge in [-0.05, 0) is 42.0 Å². The largest absolute Gasteiger partial charge is 0.462 e. The van der Waals surface area contributed by atoms with Crippen molar-refractivity contribution in [2.24, 2.45) is 0 Å². The third-order valence-electron chi connectivity index (χ3n) is 6.80. The Bertz CT molecular complexity index is 1280. The lowest BCUT2D eigenvalue weighted by Crippen LogP contribution is -2.36. The van der Waals surface area contributed by atoms with E-state index in [1.54, 1.807) is 12.4 Å². The molecule has 3 aromatic rings. The molecule has 2 atom stereocenters. The van der Waals surface area contributed by atoms with E-state index in [-0.39, 0.29) is 18.3 Å². The second-order valence-corrected chi connectivity index (χ2v) is 9.09. The quantitative estimate of drug-likeness (QED) is 0.506. The Balaban J connectivity index is 1.44. The highest BCUT2D eigenvalue weighted by atomic mass is 16.5. The third kappa shape index (κ3) is 4.80. The molecular formula is C30H28N2O3. The summed E-state index contributed by atoms with van der Waals surface area (Å²) in [6.45, 7) is 2.16. The number of dihydropyridines is 1. The van der Waals surface area contributed by atoms with Crippen LogP contribution in [-0.4, -0.2) is 23.3 Å². The minimum Gasteiger partial charge on any atom is -0.462 e. The molecule has 1 aliphatic heterocycles. The number of hydrogen-bond donors (Lipinski definition) is 1. The van der Waals surface area contributed by atoms with Gasteiger partial charge in [0.25, 0.3) is 0 Å². The molecule has 2 heterocycles. The van der Waals surface area contributed by atoms with E-state index in [0.29, 0.717) is 24.0 Å². The smallest absolute Gasteiger partial charge is 0.336 e. The summed E-state index contributed by atoms with van der Waals surface area (Å²) in [6.07, 6.45) is 5.20. The number of carbonyl (C=O) groups excluding carboxylic acids is 2. The van der Waals surface area contributed by atoms with Crippen LogP contribution in [0.2, 0.25) is 0 Å². The summed E-state index contributed by atoms with van der Waals surface area (Å²) in [7, 11) is 0. The summed E-state index contributed by atoms with van der Waals surface area (Å²) in [6, 6.07) is 23.8. The van der Waals surface area contributed by atoms with Crippen LogP contribution in [0.4, 0.5) is 0 Å². The van der Waals surface area contributed by atoms with Gasteiger partial charge in [-0.25, -0.2) is 4.79 Å². The van der Waals surface area contributed by atoms with Crippen LogP contribution in [0.5, 0.6) is 0 Å². The first-order valence-corrected chi connectivity index (χ1v) is 12.0. The van der Waals surface area contributed by atoms with Gasteiger partial charge < -0.3 is 10.1 Å². The molecule has 1 N–H and O–H groups in total. The molecule has 0 fully saturated rings. The monoisotopic (exact) mass is 464 g/mol. The lowest BCUT2D eigenvalue weighted by Gasteiger charge is -2.36. The molecule has 5 heteroatoms. The van der Waals surface area contributed by atoms with Crippen molar-refractivity contribution < 1.29 is 14.3 Å². The van der Waals surface area contributed by atoms with Gasteiger partial charge in [0.15, 0.2) is 5.78 Å². The average molecular weight is 465 g/mol. The molecule has 0 unspecified atom stereocenters. The van der Waals surface area contributed by atoms with E-state index in [4.69, 9.17) is 4.74 Å². The van der Waals surface area contributed by atoms with Gasteiger partial charge in [0, 0.05) is 48.1 Å². The molecule has 0 amide bonds. The summed E-state index contributed by atoms with van der Waals surface area (Å²) in [5.41, 5.74) is 5.84. The zero-order chi connectivity index (χ0) is 24.2. The highest BCUT2D eigenvalue weighted by Gasteiger charge is 2.41. The lowest BCUT2D eigenvalue weighted by molar-refractivity contribution is -0.139. The number of allylic oxidation sites excluding steroid dienone is 3. The van der Waals surface area contributed by atoms with Crippen molar-refractivity contribution in [1.82, 2.24) is 10.3 Å². The molecule has 176 valence electrons. The van der Waals surface area contributed by atoms with Gasteiger partial charge in [-0.3, -0.25) is 9.78 Å². The van der Waals surface area contributed by atoms with Crippen LogP contribution in [0.25, 0.3) is 0 Å². The summed E-state index contributed by atoms with van der Waals surface area (Å²) in [5, 5.41) is 3.40. The van der Waals surface area contributed by atoms with Crippen molar-refractivity contribution >= 4 is 11.8 Å². The first-order valence-electron chi connectivity index (χ1n) is 12.0. The summed E-state index contributed by atoms with van der Waals surface area (Å²) in [4.78, 5) is 31.2. The van der Waals surface area contributed by atoms with Crippen LogP contribution in [0, 0.1) is 0 Å². The zero-order valence-corrected chi connectivity index (χ0v) is 19.7. The fourth-order valence-corrected chi connectivity index (χ4v) is 5.13. The Morgan fingerprint density at radius 2 is 1.69 bits per heavy atom. The van der Waals surface area contributed by atoms with Gasteiger partial charge >= 0.3 is 5.97 Å². The zero-order valence-electron chi connectivity index (χ0n) is 19.7. The minimum atomic E-state index is -0.492. The molecule has 0 bridgehead atoms. The number of nitrogens with one attached hydrogen (secondary N) is 1. The SMILES string of the molecule is CC1=C(C(=O)OCCc2ccccc2)[C@@H](c2cccnc2)C2=C(C[C@@H](c3ccccc3)CC2=O)N1. The Hall–Kier alpha value is -3.99. The Labute approximate surface area is 205 Å². The van der Waals surface area contributed by atoms with Crippen LogP contribution in [0.3, 0.4) is 0 Å². The molecule has 35 heavy (non-hydrogen) atoms. The number of hydrogen-bond acceptors (Lipinski definition) is 5. The first kappa shape index (κ1) is 22.8. The molecule has 1 aliphatic carbocycles. The topological polar surface area (TPSA) is 68.3 Å².